The summed E-state index contributed by atoms with van der Waals surface area (Å²) in [7, 11) is 0. The van der Waals surface area contributed by atoms with Crippen molar-refractivity contribution >= 4 is 29.9 Å². The van der Waals surface area contributed by atoms with Crippen molar-refractivity contribution in [2.45, 2.75) is 25.3 Å². The summed E-state index contributed by atoms with van der Waals surface area (Å²) in [6.07, 6.45) is 3.26. The van der Waals surface area contributed by atoms with Gasteiger partial charge in [-0.25, -0.2) is 4.39 Å². The van der Waals surface area contributed by atoms with Gasteiger partial charge in [0.25, 0.3) is 5.91 Å². The molecule has 1 atom stereocenters. The summed E-state index contributed by atoms with van der Waals surface area (Å²) in [5, 5.41) is 6.31. The zero-order valence-corrected chi connectivity index (χ0v) is 12.0. The fourth-order valence-corrected chi connectivity index (χ4v) is 2.38. The van der Waals surface area contributed by atoms with Crippen LogP contribution in [0.25, 0.3) is 0 Å². The van der Waals surface area contributed by atoms with E-state index in [1.54, 1.807) is 0 Å². The van der Waals surface area contributed by atoms with Gasteiger partial charge in [-0.05, 0) is 44.0 Å². The lowest BCUT2D eigenvalue weighted by Gasteiger charge is -2.11. The second kappa shape index (κ2) is 7.68. The number of carbonyl (C=O) groups is 1. The van der Waals surface area contributed by atoms with Gasteiger partial charge in [-0.15, -0.1) is 12.4 Å². The van der Waals surface area contributed by atoms with Gasteiger partial charge in [0.15, 0.2) is 0 Å². The molecule has 1 aliphatic heterocycles. The summed E-state index contributed by atoms with van der Waals surface area (Å²) in [4.78, 5) is 11.8. The molecule has 0 spiro atoms. The molecule has 1 heterocycles. The van der Waals surface area contributed by atoms with Gasteiger partial charge < -0.3 is 10.6 Å². The van der Waals surface area contributed by atoms with E-state index in [1.165, 1.54) is 18.6 Å². The Morgan fingerprint density at radius 3 is 2.95 bits per heavy atom. The van der Waals surface area contributed by atoms with Crippen molar-refractivity contribution in [1.29, 1.82) is 0 Å². The standard InChI is InChI=1S/C13H16ClFN2O.ClH/c14-12-8-9(15)3-4-11(12)13(18)17-7-5-10-2-1-6-16-10;/h3-4,8,10,16H,1-2,5-7H2,(H,17,18);1H/t10-;/m1./s1. The minimum Gasteiger partial charge on any atom is -0.352 e. The van der Waals surface area contributed by atoms with Crippen molar-refractivity contribution in [2.24, 2.45) is 0 Å². The maximum atomic E-state index is 12.8. The zero-order valence-electron chi connectivity index (χ0n) is 10.4. The summed E-state index contributed by atoms with van der Waals surface area (Å²) in [5.41, 5.74) is 0.317. The van der Waals surface area contributed by atoms with Crippen molar-refractivity contribution in [3.8, 4) is 0 Å². The smallest absolute Gasteiger partial charge is 0.252 e. The van der Waals surface area contributed by atoms with Crippen LogP contribution in [0.15, 0.2) is 18.2 Å². The molecule has 2 rings (SSSR count). The van der Waals surface area contributed by atoms with Crippen molar-refractivity contribution < 1.29 is 9.18 Å². The fourth-order valence-electron chi connectivity index (χ4n) is 2.13. The average Bonchev–Trinajstić information content (AvgIpc) is 2.81. The predicted molar refractivity (Wildman–Crippen MR) is 76.6 cm³/mol. The van der Waals surface area contributed by atoms with Crippen molar-refractivity contribution in [3.05, 3.63) is 34.6 Å². The third-order valence-corrected chi connectivity index (χ3v) is 3.43. The molecular weight excluding hydrogens is 290 g/mol. The first-order chi connectivity index (χ1) is 8.66. The third-order valence-electron chi connectivity index (χ3n) is 3.12. The van der Waals surface area contributed by atoms with Gasteiger partial charge >= 0.3 is 0 Å². The molecule has 1 amide bonds. The highest BCUT2D eigenvalue weighted by Crippen LogP contribution is 2.17. The lowest BCUT2D eigenvalue weighted by Crippen LogP contribution is -2.30. The van der Waals surface area contributed by atoms with E-state index >= 15 is 0 Å². The molecule has 0 radical (unpaired) electrons. The molecule has 1 aromatic rings. The van der Waals surface area contributed by atoms with E-state index in [-0.39, 0.29) is 23.3 Å². The number of hydrogen-bond donors (Lipinski definition) is 2. The van der Waals surface area contributed by atoms with Gasteiger partial charge in [-0.3, -0.25) is 4.79 Å². The van der Waals surface area contributed by atoms with E-state index in [0.29, 0.717) is 18.2 Å². The van der Waals surface area contributed by atoms with Crippen LogP contribution in [0.4, 0.5) is 4.39 Å². The quantitative estimate of drug-likeness (QED) is 0.898. The van der Waals surface area contributed by atoms with Gasteiger partial charge in [-0.1, -0.05) is 11.6 Å². The van der Waals surface area contributed by atoms with Gasteiger partial charge in [0.05, 0.1) is 10.6 Å². The first-order valence-corrected chi connectivity index (χ1v) is 6.51. The van der Waals surface area contributed by atoms with Crippen molar-refractivity contribution in [2.75, 3.05) is 13.1 Å². The molecule has 1 fully saturated rings. The molecule has 106 valence electrons. The predicted octanol–water partition coefficient (Wildman–Crippen LogP) is 2.77. The second-order valence-corrected chi connectivity index (χ2v) is 4.87. The molecule has 1 aliphatic rings. The molecule has 19 heavy (non-hydrogen) atoms. The van der Waals surface area contributed by atoms with Crippen LogP contribution >= 0.6 is 24.0 Å². The normalized spacial score (nSPS) is 17.9. The summed E-state index contributed by atoms with van der Waals surface area (Å²) in [6.45, 7) is 1.66. The van der Waals surface area contributed by atoms with Crippen molar-refractivity contribution in [1.82, 2.24) is 10.6 Å². The average molecular weight is 307 g/mol. The van der Waals surface area contributed by atoms with Gasteiger partial charge in [0, 0.05) is 12.6 Å². The summed E-state index contributed by atoms with van der Waals surface area (Å²) < 4.78 is 12.8. The van der Waals surface area contributed by atoms with E-state index in [9.17, 15) is 9.18 Å². The highest BCUT2D eigenvalue weighted by Gasteiger charge is 2.15. The zero-order chi connectivity index (χ0) is 13.0. The maximum Gasteiger partial charge on any atom is 0.252 e. The van der Waals surface area contributed by atoms with Crippen LogP contribution in [0, 0.1) is 5.82 Å². The SMILES string of the molecule is Cl.O=C(NCC[C@H]1CCCN1)c1ccc(F)cc1Cl. The van der Waals surface area contributed by atoms with E-state index in [4.69, 9.17) is 11.6 Å². The van der Waals surface area contributed by atoms with Crippen LogP contribution in [0.2, 0.25) is 5.02 Å². The topological polar surface area (TPSA) is 41.1 Å². The van der Waals surface area contributed by atoms with Crippen LogP contribution in [0.5, 0.6) is 0 Å². The van der Waals surface area contributed by atoms with E-state index in [0.717, 1.165) is 25.5 Å². The maximum absolute atomic E-state index is 12.8. The summed E-state index contributed by atoms with van der Waals surface area (Å²) >= 11 is 5.82. The van der Waals surface area contributed by atoms with Crippen LogP contribution in [0.3, 0.4) is 0 Å². The lowest BCUT2D eigenvalue weighted by molar-refractivity contribution is 0.0952. The Labute approximate surface area is 123 Å². The van der Waals surface area contributed by atoms with Crippen LogP contribution in [-0.4, -0.2) is 25.0 Å². The van der Waals surface area contributed by atoms with Gasteiger partial charge in [0.1, 0.15) is 5.82 Å². The van der Waals surface area contributed by atoms with E-state index in [1.807, 2.05) is 0 Å². The van der Waals surface area contributed by atoms with Gasteiger partial charge in [-0.2, -0.15) is 0 Å². The number of halogens is 3. The summed E-state index contributed by atoms with van der Waals surface area (Å²) in [5.74, 6) is -0.690. The highest BCUT2D eigenvalue weighted by molar-refractivity contribution is 6.33. The van der Waals surface area contributed by atoms with Crippen LogP contribution in [-0.2, 0) is 0 Å². The molecule has 0 aliphatic carbocycles. The molecule has 0 bridgehead atoms. The molecule has 1 saturated heterocycles. The molecule has 1 aromatic carbocycles. The molecule has 0 saturated carbocycles. The minimum atomic E-state index is -0.438. The summed E-state index contributed by atoms with van der Waals surface area (Å²) in [6, 6.07) is 4.28. The van der Waals surface area contributed by atoms with Crippen LogP contribution < -0.4 is 10.6 Å². The highest BCUT2D eigenvalue weighted by atomic mass is 35.5. The van der Waals surface area contributed by atoms with E-state index < -0.39 is 5.82 Å². The number of carbonyl (C=O) groups excluding carboxylic acids is 1. The Bertz CT molecular complexity index is 437. The minimum absolute atomic E-state index is 0. The Balaban J connectivity index is 0.00000180. The number of benzene rings is 1. The number of hydrogen-bond acceptors (Lipinski definition) is 2. The third kappa shape index (κ3) is 4.64. The Morgan fingerprint density at radius 1 is 1.53 bits per heavy atom. The molecule has 3 nitrogen and oxygen atoms in total. The molecule has 2 N–H and O–H groups in total. The first kappa shape index (κ1) is 16.2. The Morgan fingerprint density at radius 2 is 2.32 bits per heavy atom. The molecule has 0 unspecified atom stereocenters. The van der Waals surface area contributed by atoms with Gasteiger partial charge in [0.2, 0.25) is 0 Å². The van der Waals surface area contributed by atoms with Crippen molar-refractivity contribution in [3.63, 3.8) is 0 Å². The van der Waals surface area contributed by atoms with Crippen LogP contribution in [0.1, 0.15) is 29.6 Å². The molecular formula is C13H17Cl2FN2O. The first-order valence-electron chi connectivity index (χ1n) is 6.13. The number of amides is 1. The fraction of sp³-hybridized carbons (Fsp3) is 0.462. The number of rotatable bonds is 4. The van der Waals surface area contributed by atoms with E-state index in [2.05, 4.69) is 10.6 Å². The number of nitrogens with one attached hydrogen (secondary N) is 2. The monoisotopic (exact) mass is 306 g/mol. The molecule has 0 aromatic heterocycles. The second-order valence-electron chi connectivity index (χ2n) is 4.46. The Kier molecular flexibility index (Phi) is 6.55. The largest absolute Gasteiger partial charge is 0.352 e. The lowest BCUT2D eigenvalue weighted by atomic mass is 10.1. The molecule has 6 heteroatoms. The Hall–Kier alpha value is -0.840.